The first-order chi connectivity index (χ1) is 4.30. The molecule has 0 fully saturated rings. The SMILES string of the molecule is NC(=O)n1cc[nH][nH][nH]1. The maximum Gasteiger partial charge on any atom is 0.338 e. The normalized spacial score (nSPS) is 8.89. The van der Waals surface area contributed by atoms with Crippen molar-refractivity contribution in [3.63, 3.8) is 0 Å². The summed E-state index contributed by atoms with van der Waals surface area (Å²) in [7, 11) is 0. The fourth-order valence-electron chi connectivity index (χ4n) is 0.412. The highest BCUT2D eigenvalue weighted by molar-refractivity contribution is 5.72. The lowest BCUT2D eigenvalue weighted by Gasteiger charge is -1.97. The fourth-order valence-corrected chi connectivity index (χ4v) is 0.412. The van der Waals surface area contributed by atoms with Gasteiger partial charge >= 0.3 is 6.03 Å². The highest BCUT2D eigenvalue weighted by Crippen LogP contribution is 1.71. The van der Waals surface area contributed by atoms with Crippen molar-refractivity contribution in [1.29, 1.82) is 0 Å². The Bertz CT molecular complexity index is 209. The summed E-state index contributed by atoms with van der Waals surface area (Å²) in [5.74, 6) is 0. The second-order valence-electron chi connectivity index (χ2n) is 1.41. The number of H-pyrrole nitrogens is 3. The van der Waals surface area contributed by atoms with Crippen LogP contribution in [0.15, 0.2) is 12.4 Å². The van der Waals surface area contributed by atoms with Crippen molar-refractivity contribution >= 4 is 6.03 Å². The van der Waals surface area contributed by atoms with Crippen LogP contribution in [0.1, 0.15) is 0 Å². The number of carbonyl (C=O) groups is 1. The van der Waals surface area contributed by atoms with Crippen LogP contribution in [0.3, 0.4) is 0 Å². The maximum atomic E-state index is 10.3. The van der Waals surface area contributed by atoms with Crippen LogP contribution in [0.25, 0.3) is 0 Å². The lowest BCUT2D eigenvalue weighted by atomic mass is 10.9. The van der Waals surface area contributed by atoms with Gasteiger partial charge < -0.3 is 5.73 Å². The quantitative estimate of drug-likeness (QED) is 0.374. The summed E-state index contributed by atoms with van der Waals surface area (Å²) in [5, 5.41) is 7.46. The molecule has 9 heavy (non-hydrogen) atoms. The van der Waals surface area contributed by atoms with Crippen LogP contribution in [-0.4, -0.2) is 26.2 Å². The smallest absolute Gasteiger partial charge is 0.338 e. The number of carbonyl (C=O) groups excluding carboxylic acids is 1. The Balaban J connectivity index is 2.98. The van der Waals surface area contributed by atoms with Crippen LogP contribution in [0.5, 0.6) is 0 Å². The fraction of sp³-hybridized carbons (Fsp3) is 0. The van der Waals surface area contributed by atoms with E-state index in [0.29, 0.717) is 0 Å². The Morgan fingerprint density at radius 2 is 2.44 bits per heavy atom. The molecule has 1 aromatic heterocycles. The molecule has 0 spiro atoms. The van der Waals surface area contributed by atoms with Crippen LogP contribution in [0, 0.1) is 0 Å². The number of hydrogen-bond acceptors (Lipinski definition) is 1. The highest BCUT2D eigenvalue weighted by Gasteiger charge is 1.89. The summed E-state index contributed by atoms with van der Waals surface area (Å²) in [5.41, 5.74) is 4.87. The van der Waals surface area contributed by atoms with E-state index in [0.717, 1.165) is 4.68 Å². The van der Waals surface area contributed by atoms with E-state index < -0.39 is 6.03 Å². The number of nitrogens with two attached hydrogens (primary N) is 1. The molecule has 1 aromatic rings. The van der Waals surface area contributed by atoms with Crippen molar-refractivity contribution in [3.8, 4) is 0 Å². The number of amides is 1. The average molecular weight is 129 g/mol. The zero-order valence-corrected chi connectivity index (χ0v) is 4.59. The van der Waals surface area contributed by atoms with Gasteiger partial charge in [-0.2, -0.15) is 4.68 Å². The number of primary amides is 1. The summed E-state index contributed by atoms with van der Waals surface area (Å²) in [6.07, 6.45) is 2.99. The van der Waals surface area contributed by atoms with Crippen molar-refractivity contribution in [2.75, 3.05) is 0 Å². The monoisotopic (exact) mass is 129 g/mol. The van der Waals surface area contributed by atoms with Crippen LogP contribution in [0.4, 0.5) is 4.79 Å². The predicted octanol–water partition coefficient (Wildman–Crippen LogP) is -0.476. The molecule has 6 heteroatoms. The minimum atomic E-state index is -0.569. The van der Waals surface area contributed by atoms with E-state index in [1.165, 1.54) is 12.4 Å². The molecule has 0 aromatic carbocycles. The van der Waals surface area contributed by atoms with Gasteiger partial charge in [0, 0.05) is 6.20 Å². The van der Waals surface area contributed by atoms with Gasteiger partial charge in [0.1, 0.15) is 0 Å². The Hall–Kier alpha value is -1.59. The van der Waals surface area contributed by atoms with Crippen molar-refractivity contribution in [3.05, 3.63) is 12.4 Å². The third-order valence-electron chi connectivity index (χ3n) is 0.793. The van der Waals surface area contributed by atoms with Crippen molar-refractivity contribution in [2.45, 2.75) is 0 Å². The van der Waals surface area contributed by atoms with Gasteiger partial charge in [-0.1, -0.05) is 0 Å². The molecule has 0 atom stereocenters. The topological polar surface area (TPSA) is 95.4 Å². The highest BCUT2D eigenvalue weighted by atomic mass is 16.2. The summed E-state index contributed by atoms with van der Waals surface area (Å²) in [6.45, 7) is 0. The van der Waals surface area contributed by atoms with Gasteiger partial charge in [-0.3, -0.25) is 5.10 Å². The number of aromatic nitrogens is 4. The second kappa shape index (κ2) is 2.12. The van der Waals surface area contributed by atoms with Gasteiger partial charge in [-0.15, -0.1) is 0 Å². The predicted molar refractivity (Wildman–Crippen MR) is 30.1 cm³/mol. The van der Waals surface area contributed by atoms with Gasteiger partial charge in [-0.25, -0.2) is 15.2 Å². The zero-order valence-electron chi connectivity index (χ0n) is 4.59. The molecule has 0 radical (unpaired) electrons. The number of aromatic amines is 3. The van der Waals surface area contributed by atoms with Crippen molar-refractivity contribution < 1.29 is 4.79 Å². The van der Waals surface area contributed by atoms with Crippen LogP contribution in [-0.2, 0) is 0 Å². The minimum Gasteiger partial charge on any atom is -0.350 e. The van der Waals surface area contributed by atoms with E-state index in [1.807, 2.05) is 0 Å². The molecule has 5 N–H and O–H groups in total. The summed E-state index contributed by atoms with van der Waals surface area (Å²) in [4.78, 5) is 10.3. The average Bonchev–Trinajstić information content (AvgIpc) is 1.90. The lowest BCUT2D eigenvalue weighted by molar-refractivity contribution is 0.246. The Morgan fingerprint density at radius 3 is 2.78 bits per heavy atom. The van der Waals surface area contributed by atoms with Gasteiger partial charge in [-0.05, 0) is 0 Å². The van der Waals surface area contributed by atoms with Gasteiger partial charge in [0.25, 0.3) is 0 Å². The number of nitrogens with zero attached hydrogens (tertiary/aromatic N) is 1. The van der Waals surface area contributed by atoms with Crippen molar-refractivity contribution in [1.82, 2.24) is 20.2 Å². The molecule has 0 aliphatic carbocycles. The summed E-state index contributed by atoms with van der Waals surface area (Å²) < 4.78 is 1.09. The minimum absolute atomic E-state index is 0.569. The van der Waals surface area contributed by atoms with E-state index in [4.69, 9.17) is 5.73 Å². The molecule has 1 rings (SSSR count). The molecule has 0 saturated carbocycles. The molecule has 50 valence electrons. The van der Waals surface area contributed by atoms with Crippen molar-refractivity contribution in [2.24, 2.45) is 5.73 Å². The van der Waals surface area contributed by atoms with Gasteiger partial charge in [0.2, 0.25) is 0 Å². The van der Waals surface area contributed by atoms with E-state index in [2.05, 4.69) is 15.5 Å². The first-order valence-corrected chi connectivity index (χ1v) is 2.32. The number of nitrogens with one attached hydrogen (secondary N) is 3. The molecule has 1 amide bonds. The molecule has 0 aliphatic heterocycles. The third kappa shape index (κ3) is 1.15. The van der Waals surface area contributed by atoms with Crippen LogP contribution >= 0.6 is 0 Å². The van der Waals surface area contributed by atoms with E-state index in [1.54, 1.807) is 0 Å². The molecular weight excluding hydrogens is 122 g/mol. The Kier molecular flexibility index (Phi) is 1.31. The largest absolute Gasteiger partial charge is 0.350 e. The molecule has 0 unspecified atom stereocenters. The number of rotatable bonds is 0. The third-order valence-corrected chi connectivity index (χ3v) is 0.793. The molecule has 1 heterocycles. The molecule has 6 nitrogen and oxygen atoms in total. The molecule has 0 aliphatic rings. The standard InChI is InChI=1S/C3H7N5O/c4-3(9)8-2-1-5-6-7-8/h1-2,5-7H,(H2,4,9). The van der Waals surface area contributed by atoms with E-state index >= 15 is 0 Å². The molecule has 0 saturated heterocycles. The summed E-state index contributed by atoms with van der Waals surface area (Å²) in [6, 6.07) is -0.569. The lowest BCUT2D eigenvalue weighted by Crippen LogP contribution is -2.22. The summed E-state index contributed by atoms with van der Waals surface area (Å²) >= 11 is 0. The Labute approximate surface area is 50.3 Å². The first-order valence-electron chi connectivity index (χ1n) is 2.32. The van der Waals surface area contributed by atoms with Gasteiger partial charge in [0.05, 0.1) is 6.20 Å². The Morgan fingerprint density at radius 1 is 1.67 bits per heavy atom. The molecule has 0 bridgehead atoms. The van der Waals surface area contributed by atoms with Gasteiger partial charge in [0.15, 0.2) is 0 Å². The van der Waals surface area contributed by atoms with E-state index in [9.17, 15) is 4.79 Å². The molecular formula is C3H7N5O. The zero-order chi connectivity index (χ0) is 6.69. The first kappa shape index (κ1) is 5.54. The van der Waals surface area contributed by atoms with Crippen LogP contribution < -0.4 is 5.73 Å². The van der Waals surface area contributed by atoms with Crippen LogP contribution in [0.2, 0.25) is 0 Å². The number of hydrogen-bond donors (Lipinski definition) is 4. The second-order valence-corrected chi connectivity index (χ2v) is 1.41. The maximum absolute atomic E-state index is 10.3. The van der Waals surface area contributed by atoms with E-state index in [-0.39, 0.29) is 0 Å².